The highest BCUT2D eigenvalue weighted by atomic mass is 32.2. The summed E-state index contributed by atoms with van der Waals surface area (Å²) in [5.74, 6) is 1.51. The molecule has 3 aromatic rings. The van der Waals surface area contributed by atoms with E-state index in [1.165, 1.54) is 11.8 Å². The molecule has 0 aliphatic carbocycles. The summed E-state index contributed by atoms with van der Waals surface area (Å²) in [6.45, 7) is 1.92. The van der Waals surface area contributed by atoms with Gasteiger partial charge in [0.2, 0.25) is 5.91 Å². The second-order valence-corrected chi connectivity index (χ2v) is 7.79. The van der Waals surface area contributed by atoms with Crippen LogP contribution in [0.2, 0.25) is 0 Å². The standard InChI is InChI=1S/C23H18N4O2S/c1-15-9-18(29-19-3-2-8-25-13-19)6-7-20(15)26-22(28)14-30-23-11-17-5-4-16(12-24)10-21(17)27-23/h2-10,13H,11,14H2,1H3,(H,26,28). The average molecular weight is 414 g/mol. The van der Waals surface area contributed by atoms with Crippen LogP contribution in [-0.4, -0.2) is 21.7 Å². The van der Waals surface area contributed by atoms with Crippen LogP contribution in [0.25, 0.3) is 0 Å². The molecule has 0 saturated heterocycles. The lowest BCUT2D eigenvalue weighted by atomic mass is 10.1. The molecule has 0 radical (unpaired) electrons. The van der Waals surface area contributed by atoms with Crippen LogP contribution in [0.4, 0.5) is 11.4 Å². The monoisotopic (exact) mass is 414 g/mol. The highest BCUT2D eigenvalue weighted by molar-refractivity contribution is 8.14. The first kappa shape index (κ1) is 19.7. The summed E-state index contributed by atoms with van der Waals surface area (Å²) in [5.41, 5.74) is 4.14. The minimum Gasteiger partial charge on any atom is -0.456 e. The maximum atomic E-state index is 12.4. The molecule has 0 fully saturated rings. The van der Waals surface area contributed by atoms with Gasteiger partial charge in [-0.2, -0.15) is 5.26 Å². The van der Waals surface area contributed by atoms with Gasteiger partial charge in [-0.1, -0.05) is 6.07 Å². The molecule has 148 valence electrons. The largest absolute Gasteiger partial charge is 0.456 e. The second-order valence-electron chi connectivity index (χ2n) is 6.74. The minimum absolute atomic E-state index is 0.0969. The van der Waals surface area contributed by atoms with E-state index in [0.717, 1.165) is 27.5 Å². The number of anilines is 1. The SMILES string of the molecule is Cc1cc(Oc2cccnc2)ccc1NC(=O)CSC1=Nc2cc(C#N)ccc2C1. The van der Waals surface area contributed by atoms with Crippen molar-refractivity contribution in [1.29, 1.82) is 5.26 Å². The van der Waals surface area contributed by atoms with Gasteiger partial charge in [-0.05, 0) is 60.5 Å². The maximum absolute atomic E-state index is 12.4. The lowest BCUT2D eigenvalue weighted by Gasteiger charge is -2.11. The van der Waals surface area contributed by atoms with Crippen molar-refractivity contribution in [3.63, 3.8) is 0 Å². The fourth-order valence-electron chi connectivity index (χ4n) is 3.03. The number of benzene rings is 2. The van der Waals surface area contributed by atoms with Crippen LogP contribution in [-0.2, 0) is 11.2 Å². The average Bonchev–Trinajstić information content (AvgIpc) is 3.17. The molecule has 1 aliphatic rings. The number of nitrogens with one attached hydrogen (secondary N) is 1. The Balaban J connectivity index is 1.33. The van der Waals surface area contributed by atoms with E-state index in [1.54, 1.807) is 24.5 Å². The number of hydrogen-bond donors (Lipinski definition) is 1. The third-order valence-corrected chi connectivity index (χ3v) is 5.49. The van der Waals surface area contributed by atoms with E-state index in [1.807, 2.05) is 43.3 Å². The van der Waals surface area contributed by atoms with Crippen LogP contribution in [0, 0.1) is 18.3 Å². The Morgan fingerprint density at radius 2 is 2.13 bits per heavy atom. The van der Waals surface area contributed by atoms with Crippen molar-refractivity contribution in [2.45, 2.75) is 13.3 Å². The molecule has 2 heterocycles. The molecule has 1 N–H and O–H groups in total. The van der Waals surface area contributed by atoms with E-state index >= 15 is 0 Å². The Kier molecular flexibility index (Phi) is 5.77. The van der Waals surface area contributed by atoms with Crippen molar-refractivity contribution in [3.05, 3.63) is 77.6 Å². The molecule has 2 aromatic carbocycles. The van der Waals surface area contributed by atoms with E-state index in [-0.39, 0.29) is 11.7 Å². The number of rotatable bonds is 5. The van der Waals surface area contributed by atoms with Gasteiger partial charge in [-0.3, -0.25) is 9.78 Å². The van der Waals surface area contributed by atoms with Gasteiger partial charge in [-0.25, -0.2) is 4.99 Å². The second kappa shape index (κ2) is 8.80. The molecule has 0 unspecified atom stereocenters. The lowest BCUT2D eigenvalue weighted by Crippen LogP contribution is -2.16. The number of ether oxygens (including phenoxy) is 1. The van der Waals surface area contributed by atoms with Gasteiger partial charge in [0.05, 0.1) is 34.3 Å². The molecule has 0 atom stereocenters. The lowest BCUT2D eigenvalue weighted by molar-refractivity contribution is -0.113. The molecule has 6 nitrogen and oxygen atoms in total. The molecular formula is C23H18N4O2S. The van der Waals surface area contributed by atoms with E-state index in [2.05, 4.69) is 21.4 Å². The molecule has 4 rings (SSSR count). The summed E-state index contributed by atoms with van der Waals surface area (Å²) < 4.78 is 5.77. The van der Waals surface area contributed by atoms with Crippen LogP contribution in [0.3, 0.4) is 0 Å². The summed E-state index contributed by atoms with van der Waals surface area (Å²) in [7, 11) is 0. The van der Waals surface area contributed by atoms with Crippen molar-refractivity contribution in [2.75, 3.05) is 11.1 Å². The molecule has 0 bridgehead atoms. The smallest absolute Gasteiger partial charge is 0.234 e. The summed E-state index contributed by atoms with van der Waals surface area (Å²) in [5, 5.41) is 12.8. The number of aromatic nitrogens is 1. The first-order valence-electron chi connectivity index (χ1n) is 9.32. The van der Waals surface area contributed by atoms with E-state index in [4.69, 9.17) is 10.00 Å². The van der Waals surface area contributed by atoms with Crippen LogP contribution >= 0.6 is 11.8 Å². The van der Waals surface area contributed by atoms with Gasteiger partial charge in [0.15, 0.2) is 0 Å². The first-order valence-corrected chi connectivity index (χ1v) is 10.3. The fraction of sp³-hybridized carbons (Fsp3) is 0.130. The number of hydrogen-bond acceptors (Lipinski definition) is 6. The first-order chi connectivity index (χ1) is 14.6. The summed E-state index contributed by atoms with van der Waals surface area (Å²) in [4.78, 5) is 21.0. The Bertz CT molecular complexity index is 1170. The zero-order valence-electron chi connectivity index (χ0n) is 16.3. The number of nitrogens with zero attached hydrogens (tertiary/aromatic N) is 3. The third-order valence-electron chi connectivity index (χ3n) is 4.51. The number of carbonyl (C=O) groups excluding carboxylic acids is 1. The highest BCUT2D eigenvalue weighted by Crippen LogP contribution is 2.31. The minimum atomic E-state index is -0.0969. The van der Waals surface area contributed by atoms with Gasteiger partial charge >= 0.3 is 0 Å². The number of thioether (sulfide) groups is 1. The molecule has 0 spiro atoms. The molecule has 30 heavy (non-hydrogen) atoms. The van der Waals surface area contributed by atoms with Crippen LogP contribution < -0.4 is 10.1 Å². The van der Waals surface area contributed by atoms with Crippen molar-refractivity contribution < 1.29 is 9.53 Å². The Labute approximate surface area is 178 Å². The van der Waals surface area contributed by atoms with Crippen molar-refractivity contribution in [3.8, 4) is 17.6 Å². The van der Waals surface area contributed by atoms with Crippen LogP contribution in [0.1, 0.15) is 16.7 Å². The number of nitriles is 1. The normalized spacial score (nSPS) is 11.9. The van der Waals surface area contributed by atoms with Crippen LogP contribution in [0.5, 0.6) is 11.5 Å². The predicted molar refractivity (Wildman–Crippen MR) is 119 cm³/mol. The molecule has 0 saturated carbocycles. The Hall–Kier alpha value is -3.63. The van der Waals surface area contributed by atoms with Gasteiger partial charge in [0.25, 0.3) is 0 Å². The van der Waals surface area contributed by atoms with Gasteiger partial charge in [-0.15, -0.1) is 11.8 Å². The predicted octanol–water partition coefficient (Wildman–Crippen LogP) is 5.01. The van der Waals surface area contributed by atoms with E-state index in [0.29, 0.717) is 23.5 Å². The molecule has 7 heteroatoms. The Morgan fingerprint density at radius 3 is 2.90 bits per heavy atom. The number of aliphatic imine (C=N–C) groups is 1. The van der Waals surface area contributed by atoms with Gasteiger partial charge in [0, 0.05) is 18.3 Å². The van der Waals surface area contributed by atoms with Gasteiger partial charge in [0.1, 0.15) is 11.5 Å². The van der Waals surface area contributed by atoms with Gasteiger partial charge < -0.3 is 10.1 Å². The molecule has 1 aromatic heterocycles. The zero-order chi connectivity index (χ0) is 20.9. The zero-order valence-corrected chi connectivity index (χ0v) is 17.1. The van der Waals surface area contributed by atoms with Crippen LogP contribution in [0.15, 0.2) is 65.9 Å². The van der Waals surface area contributed by atoms with Crippen molar-refractivity contribution in [1.82, 2.24) is 4.98 Å². The van der Waals surface area contributed by atoms with E-state index in [9.17, 15) is 4.79 Å². The molecule has 1 amide bonds. The van der Waals surface area contributed by atoms with Crippen molar-refractivity contribution >= 4 is 34.1 Å². The summed E-state index contributed by atoms with van der Waals surface area (Å²) in [6.07, 6.45) is 4.03. The number of fused-ring (bicyclic) bond motifs is 1. The maximum Gasteiger partial charge on any atom is 0.234 e. The quantitative estimate of drug-likeness (QED) is 0.634. The highest BCUT2D eigenvalue weighted by Gasteiger charge is 2.17. The number of carbonyl (C=O) groups is 1. The fourth-order valence-corrected chi connectivity index (χ4v) is 3.82. The Morgan fingerprint density at radius 1 is 1.23 bits per heavy atom. The van der Waals surface area contributed by atoms with Crippen molar-refractivity contribution in [2.24, 2.45) is 4.99 Å². The molecular weight excluding hydrogens is 396 g/mol. The summed E-state index contributed by atoms with van der Waals surface area (Å²) in [6, 6.07) is 16.8. The number of aryl methyl sites for hydroxylation is 1. The number of pyridine rings is 1. The van der Waals surface area contributed by atoms with E-state index < -0.39 is 0 Å². The topological polar surface area (TPSA) is 87.4 Å². The summed E-state index contributed by atoms with van der Waals surface area (Å²) >= 11 is 1.42. The molecule has 1 aliphatic heterocycles. The number of amides is 1. The third kappa shape index (κ3) is 4.67.